The molecule has 0 spiro atoms. The van der Waals surface area contributed by atoms with Gasteiger partial charge in [-0.05, 0) is 37.5 Å². The highest BCUT2D eigenvalue weighted by molar-refractivity contribution is 5.70. The van der Waals surface area contributed by atoms with Crippen molar-refractivity contribution in [1.82, 2.24) is 0 Å². The van der Waals surface area contributed by atoms with Crippen molar-refractivity contribution in [1.29, 1.82) is 0 Å². The van der Waals surface area contributed by atoms with Gasteiger partial charge >= 0.3 is 5.97 Å². The number of hydrogen-bond acceptors (Lipinski definition) is 4. The maximum atomic E-state index is 12.0. The summed E-state index contributed by atoms with van der Waals surface area (Å²) in [5.41, 5.74) is 0.0127. The van der Waals surface area contributed by atoms with E-state index >= 15 is 0 Å². The molecule has 2 aliphatic carbocycles. The lowest BCUT2D eigenvalue weighted by molar-refractivity contribution is -0.291. The zero-order valence-electron chi connectivity index (χ0n) is 13.3. The number of fused-ring (bicyclic) bond motifs is 2. The normalized spacial score (nSPS) is 35.9. The van der Waals surface area contributed by atoms with E-state index in [1.165, 1.54) is 6.42 Å². The molecule has 0 N–H and O–H groups in total. The van der Waals surface area contributed by atoms with Gasteiger partial charge in [-0.3, -0.25) is 4.79 Å². The van der Waals surface area contributed by atoms with Crippen LogP contribution in [0.15, 0.2) is 12.2 Å². The fraction of sp³-hybridized carbons (Fsp3) is 0.824. The lowest BCUT2D eigenvalue weighted by Gasteiger charge is -2.40. The van der Waals surface area contributed by atoms with Crippen LogP contribution in [0.1, 0.15) is 40.0 Å². The van der Waals surface area contributed by atoms with Gasteiger partial charge < -0.3 is 14.2 Å². The highest BCUT2D eigenvalue weighted by Crippen LogP contribution is 2.43. The maximum Gasteiger partial charge on any atom is 0.311 e. The second kappa shape index (κ2) is 5.40. The average Bonchev–Trinajstić information content (AvgIpc) is 3.03. The molecular formula is C17H26O4. The Morgan fingerprint density at radius 1 is 1.19 bits per heavy atom. The zero-order valence-corrected chi connectivity index (χ0v) is 13.3. The van der Waals surface area contributed by atoms with E-state index in [2.05, 4.69) is 26.0 Å². The first-order valence-corrected chi connectivity index (χ1v) is 7.97. The van der Waals surface area contributed by atoms with Crippen LogP contribution >= 0.6 is 0 Å². The highest BCUT2D eigenvalue weighted by Gasteiger charge is 2.40. The Morgan fingerprint density at radius 2 is 1.90 bits per heavy atom. The van der Waals surface area contributed by atoms with Gasteiger partial charge in [0.1, 0.15) is 0 Å². The summed E-state index contributed by atoms with van der Waals surface area (Å²) in [5.74, 6) is 0.777. The molecule has 2 fully saturated rings. The van der Waals surface area contributed by atoms with Crippen molar-refractivity contribution >= 4 is 5.97 Å². The van der Waals surface area contributed by atoms with E-state index in [1.807, 2.05) is 6.92 Å². The van der Waals surface area contributed by atoms with Gasteiger partial charge in [-0.1, -0.05) is 26.0 Å². The molecule has 3 aliphatic rings. The predicted octanol–water partition coefficient (Wildman–Crippen LogP) is 2.92. The summed E-state index contributed by atoms with van der Waals surface area (Å²) in [6, 6.07) is 0. The Hall–Kier alpha value is -0.870. The van der Waals surface area contributed by atoms with E-state index < -0.39 is 5.79 Å². The molecule has 0 amide bonds. The quantitative estimate of drug-likeness (QED) is 0.591. The van der Waals surface area contributed by atoms with Crippen LogP contribution in [0.2, 0.25) is 0 Å². The molecule has 0 aromatic carbocycles. The van der Waals surface area contributed by atoms with E-state index in [1.54, 1.807) is 0 Å². The van der Waals surface area contributed by atoms with E-state index in [-0.39, 0.29) is 17.8 Å². The second-order valence-electron chi connectivity index (χ2n) is 7.78. The van der Waals surface area contributed by atoms with Crippen molar-refractivity contribution < 1.29 is 19.0 Å². The second-order valence-corrected chi connectivity index (χ2v) is 7.78. The van der Waals surface area contributed by atoms with Crippen LogP contribution in [-0.2, 0) is 19.0 Å². The summed E-state index contributed by atoms with van der Waals surface area (Å²) in [6.45, 7) is 7.75. The Morgan fingerprint density at radius 3 is 2.48 bits per heavy atom. The standard InChI is InChI=1S/C17H26O4/c1-16(2)10-20-17(3,21-11-16)8-15(18)19-9-14-7-12-4-5-13(14)6-12/h4-5,12-14H,6-11H2,1-3H3. The van der Waals surface area contributed by atoms with E-state index in [0.29, 0.717) is 37.6 Å². The van der Waals surface area contributed by atoms with Crippen LogP contribution in [0, 0.1) is 23.2 Å². The smallest absolute Gasteiger partial charge is 0.311 e. The number of rotatable bonds is 4. The van der Waals surface area contributed by atoms with Gasteiger partial charge in [-0.25, -0.2) is 0 Å². The summed E-state index contributed by atoms with van der Waals surface area (Å²) in [7, 11) is 0. The minimum absolute atomic E-state index is 0.0127. The first kappa shape index (κ1) is 15.0. The summed E-state index contributed by atoms with van der Waals surface area (Å²) >= 11 is 0. The number of hydrogen-bond donors (Lipinski definition) is 0. The van der Waals surface area contributed by atoms with Crippen LogP contribution in [0.4, 0.5) is 0 Å². The first-order chi connectivity index (χ1) is 9.85. The van der Waals surface area contributed by atoms with Crippen molar-refractivity contribution in [2.24, 2.45) is 23.2 Å². The molecule has 3 atom stereocenters. The van der Waals surface area contributed by atoms with Crippen molar-refractivity contribution in [2.75, 3.05) is 19.8 Å². The molecule has 0 aromatic heterocycles. The molecule has 0 radical (unpaired) electrons. The molecule has 1 saturated heterocycles. The van der Waals surface area contributed by atoms with Crippen LogP contribution in [0.5, 0.6) is 0 Å². The van der Waals surface area contributed by atoms with Crippen LogP contribution in [0.3, 0.4) is 0 Å². The largest absolute Gasteiger partial charge is 0.465 e. The SMILES string of the molecule is CC1(C)COC(C)(CC(=O)OCC2CC3C=CC2C3)OC1. The lowest BCUT2D eigenvalue weighted by atomic mass is 9.94. The molecule has 1 heterocycles. The molecule has 21 heavy (non-hydrogen) atoms. The molecule has 4 nitrogen and oxygen atoms in total. The summed E-state index contributed by atoms with van der Waals surface area (Å²) < 4.78 is 16.9. The fourth-order valence-corrected chi connectivity index (χ4v) is 3.48. The van der Waals surface area contributed by atoms with Gasteiger partial charge in [0.25, 0.3) is 0 Å². The van der Waals surface area contributed by atoms with Crippen molar-refractivity contribution in [3.05, 3.63) is 12.2 Å². The summed E-state index contributed by atoms with van der Waals surface area (Å²) in [5, 5.41) is 0. The molecule has 4 heteroatoms. The highest BCUT2D eigenvalue weighted by atomic mass is 16.7. The van der Waals surface area contributed by atoms with Crippen molar-refractivity contribution in [3.63, 3.8) is 0 Å². The summed E-state index contributed by atoms with van der Waals surface area (Å²) in [6.07, 6.45) is 7.15. The Kier molecular flexibility index (Phi) is 3.87. The minimum atomic E-state index is -0.832. The molecule has 1 aliphatic heterocycles. The Labute approximate surface area is 126 Å². The minimum Gasteiger partial charge on any atom is -0.465 e. The summed E-state index contributed by atoms with van der Waals surface area (Å²) in [4.78, 5) is 12.0. The topological polar surface area (TPSA) is 44.8 Å². The van der Waals surface area contributed by atoms with Crippen LogP contribution < -0.4 is 0 Å². The first-order valence-electron chi connectivity index (χ1n) is 7.97. The number of esters is 1. The zero-order chi connectivity index (χ0) is 15.1. The lowest BCUT2D eigenvalue weighted by Crippen LogP contribution is -2.47. The van der Waals surface area contributed by atoms with Gasteiger partial charge in [-0.2, -0.15) is 0 Å². The molecule has 3 rings (SSSR count). The van der Waals surface area contributed by atoms with E-state index in [0.717, 1.165) is 6.42 Å². The number of carbonyl (C=O) groups is 1. The third-order valence-electron chi connectivity index (χ3n) is 4.88. The maximum absolute atomic E-state index is 12.0. The van der Waals surface area contributed by atoms with Gasteiger partial charge in [0.15, 0.2) is 5.79 Å². The van der Waals surface area contributed by atoms with Crippen molar-refractivity contribution in [3.8, 4) is 0 Å². The molecule has 2 bridgehead atoms. The number of carbonyl (C=O) groups excluding carboxylic acids is 1. The van der Waals surface area contributed by atoms with Gasteiger partial charge in [0.2, 0.25) is 0 Å². The van der Waals surface area contributed by atoms with Crippen molar-refractivity contribution in [2.45, 2.75) is 45.8 Å². The molecule has 118 valence electrons. The predicted molar refractivity (Wildman–Crippen MR) is 78.5 cm³/mol. The molecule has 3 unspecified atom stereocenters. The monoisotopic (exact) mass is 294 g/mol. The fourth-order valence-electron chi connectivity index (χ4n) is 3.48. The van der Waals surface area contributed by atoms with Gasteiger partial charge in [-0.15, -0.1) is 0 Å². The number of ether oxygens (including phenoxy) is 3. The van der Waals surface area contributed by atoms with E-state index in [4.69, 9.17) is 14.2 Å². The third kappa shape index (κ3) is 3.49. The Bertz CT molecular complexity index is 430. The molecular weight excluding hydrogens is 268 g/mol. The van der Waals surface area contributed by atoms with E-state index in [9.17, 15) is 4.79 Å². The number of allylic oxidation sites excluding steroid dienone is 2. The molecule has 1 saturated carbocycles. The van der Waals surface area contributed by atoms with Gasteiger partial charge in [0.05, 0.1) is 26.2 Å². The van der Waals surface area contributed by atoms with Crippen LogP contribution in [-0.4, -0.2) is 31.6 Å². The Balaban J connectivity index is 1.43. The van der Waals surface area contributed by atoms with Gasteiger partial charge in [0, 0.05) is 5.41 Å². The third-order valence-corrected chi connectivity index (χ3v) is 4.88. The average molecular weight is 294 g/mol. The van der Waals surface area contributed by atoms with Crippen LogP contribution in [0.25, 0.3) is 0 Å². The molecule has 0 aromatic rings.